The summed E-state index contributed by atoms with van der Waals surface area (Å²) in [6, 6.07) is 6.93. The SMILES string of the molecule is CCC[C@@H](C)NC=O.CNC[C@@H](C)/C=C1\CCc2c[nH]c3cccc1c23. The molecule has 142 valence electrons. The van der Waals surface area contributed by atoms with Gasteiger partial charge in [0.2, 0.25) is 6.41 Å². The molecule has 1 heterocycles. The van der Waals surface area contributed by atoms with Crippen LogP contribution in [0.25, 0.3) is 16.5 Å². The highest BCUT2D eigenvalue weighted by molar-refractivity contribution is 5.96. The lowest BCUT2D eigenvalue weighted by atomic mass is 9.87. The van der Waals surface area contributed by atoms with Gasteiger partial charge in [-0.15, -0.1) is 0 Å². The van der Waals surface area contributed by atoms with E-state index in [1.54, 1.807) is 0 Å². The molecule has 3 N–H and O–H groups in total. The number of aromatic nitrogens is 1. The van der Waals surface area contributed by atoms with Crippen molar-refractivity contribution in [1.82, 2.24) is 15.6 Å². The van der Waals surface area contributed by atoms with Gasteiger partial charge in [-0.3, -0.25) is 4.79 Å². The van der Waals surface area contributed by atoms with Gasteiger partial charge in [0, 0.05) is 29.7 Å². The summed E-state index contributed by atoms with van der Waals surface area (Å²) >= 11 is 0. The average molecular weight is 356 g/mol. The molecule has 0 saturated carbocycles. The largest absolute Gasteiger partial charge is 0.361 e. The summed E-state index contributed by atoms with van der Waals surface area (Å²) < 4.78 is 0. The van der Waals surface area contributed by atoms with E-state index in [0.29, 0.717) is 12.0 Å². The Balaban J connectivity index is 0.000000260. The van der Waals surface area contributed by atoms with Crippen LogP contribution < -0.4 is 10.6 Å². The van der Waals surface area contributed by atoms with E-state index in [4.69, 9.17) is 0 Å². The van der Waals surface area contributed by atoms with Crippen molar-refractivity contribution in [2.24, 2.45) is 5.92 Å². The van der Waals surface area contributed by atoms with Crippen LogP contribution in [0, 0.1) is 5.92 Å². The summed E-state index contributed by atoms with van der Waals surface area (Å²) in [5.74, 6) is 0.584. The molecule has 1 aliphatic carbocycles. The maximum absolute atomic E-state index is 9.78. The van der Waals surface area contributed by atoms with Crippen molar-refractivity contribution in [2.45, 2.75) is 52.5 Å². The molecular formula is C22H33N3O. The monoisotopic (exact) mass is 355 g/mol. The van der Waals surface area contributed by atoms with Crippen molar-refractivity contribution < 1.29 is 4.79 Å². The van der Waals surface area contributed by atoms with Gasteiger partial charge in [0.1, 0.15) is 0 Å². The third kappa shape index (κ3) is 5.21. The molecule has 0 unspecified atom stereocenters. The first-order chi connectivity index (χ1) is 12.6. The second kappa shape index (κ2) is 10.2. The molecule has 0 radical (unpaired) electrons. The molecule has 1 aliphatic rings. The Bertz CT molecular complexity index is 732. The second-order valence-corrected chi connectivity index (χ2v) is 7.24. The number of amides is 1. The summed E-state index contributed by atoms with van der Waals surface area (Å²) in [6.07, 6.45) is 9.87. The minimum absolute atomic E-state index is 0.345. The van der Waals surface area contributed by atoms with Crippen molar-refractivity contribution in [3.05, 3.63) is 41.6 Å². The Morgan fingerprint density at radius 1 is 1.27 bits per heavy atom. The summed E-state index contributed by atoms with van der Waals surface area (Å²) in [5.41, 5.74) is 5.68. The quantitative estimate of drug-likeness (QED) is 0.650. The zero-order valence-corrected chi connectivity index (χ0v) is 16.6. The van der Waals surface area contributed by atoms with Crippen molar-refractivity contribution in [2.75, 3.05) is 13.6 Å². The normalized spacial score (nSPS) is 16.7. The first kappa shape index (κ1) is 20.2. The number of allylic oxidation sites excluding steroid dienone is 1. The second-order valence-electron chi connectivity index (χ2n) is 7.24. The molecule has 3 rings (SSSR count). The standard InChI is InChI=1S/C16H20N2.C6H13NO/c1-11(9-17-2)8-12-6-7-13-10-18-15-5-3-4-14(12)16(13)15;1-3-4-6(2)7-5-8/h3-5,8,10-11,17-18H,6-7,9H2,1-2H3;5-6H,3-4H2,1-2H3,(H,7,8)/b12-8+;/t11-;6-/m01/s1. The fourth-order valence-corrected chi connectivity index (χ4v) is 3.65. The average Bonchev–Trinajstić information content (AvgIpc) is 3.04. The maximum atomic E-state index is 9.78. The van der Waals surface area contributed by atoms with Crippen molar-refractivity contribution in [3.8, 4) is 0 Å². The van der Waals surface area contributed by atoms with Crippen LogP contribution in [-0.4, -0.2) is 31.0 Å². The third-order valence-corrected chi connectivity index (χ3v) is 4.88. The van der Waals surface area contributed by atoms with Crippen LogP contribution in [0.15, 0.2) is 30.5 Å². The molecule has 0 aliphatic heterocycles. The molecule has 1 amide bonds. The van der Waals surface area contributed by atoms with Gasteiger partial charge in [0.25, 0.3) is 0 Å². The molecule has 2 atom stereocenters. The number of hydrogen-bond acceptors (Lipinski definition) is 2. The number of rotatable bonds is 7. The number of benzene rings is 1. The highest BCUT2D eigenvalue weighted by atomic mass is 16.1. The van der Waals surface area contributed by atoms with E-state index in [0.717, 1.165) is 38.6 Å². The van der Waals surface area contributed by atoms with Crippen molar-refractivity contribution >= 4 is 22.9 Å². The van der Waals surface area contributed by atoms with E-state index in [-0.39, 0.29) is 0 Å². The fourth-order valence-electron chi connectivity index (χ4n) is 3.65. The molecular weight excluding hydrogens is 322 g/mol. The van der Waals surface area contributed by atoms with Gasteiger partial charge in [-0.05, 0) is 61.9 Å². The topological polar surface area (TPSA) is 56.9 Å². The molecule has 0 fully saturated rings. The van der Waals surface area contributed by atoms with E-state index < -0.39 is 0 Å². The molecule has 2 aromatic rings. The Kier molecular flexibility index (Phi) is 7.92. The minimum Gasteiger partial charge on any atom is -0.361 e. The van der Waals surface area contributed by atoms with Crippen LogP contribution >= 0.6 is 0 Å². The lowest BCUT2D eigenvalue weighted by Gasteiger charge is -2.18. The Hall–Kier alpha value is -2.07. The number of nitrogens with one attached hydrogen (secondary N) is 3. The van der Waals surface area contributed by atoms with Crippen molar-refractivity contribution in [3.63, 3.8) is 0 Å². The molecule has 1 aromatic carbocycles. The summed E-state index contributed by atoms with van der Waals surface area (Å²) in [5, 5.41) is 7.35. The number of hydrogen-bond donors (Lipinski definition) is 3. The predicted molar refractivity (Wildman–Crippen MR) is 111 cm³/mol. The molecule has 0 saturated heterocycles. The van der Waals surface area contributed by atoms with Gasteiger partial charge >= 0.3 is 0 Å². The van der Waals surface area contributed by atoms with Crippen LogP contribution in [0.5, 0.6) is 0 Å². The Morgan fingerprint density at radius 3 is 2.77 bits per heavy atom. The molecule has 0 bridgehead atoms. The molecule has 0 spiro atoms. The zero-order valence-electron chi connectivity index (χ0n) is 16.6. The van der Waals surface area contributed by atoms with Gasteiger partial charge in [-0.2, -0.15) is 0 Å². The van der Waals surface area contributed by atoms with Crippen LogP contribution in [-0.2, 0) is 11.2 Å². The van der Waals surface area contributed by atoms with Crippen LogP contribution in [0.1, 0.15) is 51.2 Å². The van der Waals surface area contributed by atoms with Gasteiger partial charge in [-0.1, -0.05) is 38.5 Å². The number of carbonyl (C=O) groups is 1. The van der Waals surface area contributed by atoms with E-state index in [1.165, 1.54) is 27.6 Å². The van der Waals surface area contributed by atoms with E-state index >= 15 is 0 Å². The lowest BCUT2D eigenvalue weighted by molar-refractivity contribution is -0.110. The zero-order chi connectivity index (χ0) is 18.9. The van der Waals surface area contributed by atoms with Gasteiger partial charge in [0.05, 0.1) is 0 Å². The third-order valence-electron chi connectivity index (χ3n) is 4.88. The Labute approximate surface area is 157 Å². The Morgan fingerprint density at radius 2 is 2.08 bits per heavy atom. The van der Waals surface area contributed by atoms with Crippen LogP contribution in [0.4, 0.5) is 0 Å². The van der Waals surface area contributed by atoms with E-state index in [9.17, 15) is 4.79 Å². The highest BCUT2D eigenvalue weighted by Gasteiger charge is 2.17. The fraction of sp³-hybridized carbons (Fsp3) is 0.500. The number of aryl methyl sites for hydroxylation is 1. The minimum atomic E-state index is 0.345. The van der Waals surface area contributed by atoms with Gasteiger partial charge < -0.3 is 15.6 Å². The number of aromatic amines is 1. The summed E-state index contributed by atoms with van der Waals surface area (Å²) in [6.45, 7) is 7.41. The summed E-state index contributed by atoms with van der Waals surface area (Å²) in [4.78, 5) is 13.2. The highest BCUT2D eigenvalue weighted by Crippen LogP contribution is 2.36. The van der Waals surface area contributed by atoms with Crippen LogP contribution in [0.2, 0.25) is 0 Å². The lowest BCUT2D eigenvalue weighted by Crippen LogP contribution is -2.23. The molecule has 1 aromatic heterocycles. The first-order valence-electron chi connectivity index (χ1n) is 9.75. The first-order valence-corrected chi connectivity index (χ1v) is 9.75. The van der Waals surface area contributed by atoms with Crippen molar-refractivity contribution in [1.29, 1.82) is 0 Å². The maximum Gasteiger partial charge on any atom is 0.207 e. The predicted octanol–water partition coefficient (Wildman–Crippen LogP) is 4.27. The van der Waals surface area contributed by atoms with E-state index in [2.05, 4.69) is 59.9 Å². The number of H-pyrrole nitrogens is 1. The summed E-state index contributed by atoms with van der Waals surface area (Å²) in [7, 11) is 2.01. The smallest absolute Gasteiger partial charge is 0.207 e. The van der Waals surface area contributed by atoms with Gasteiger partial charge in [-0.25, -0.2) is 0 Å². The number of carbonyl (C=O) groups excluding carboxylic acids is 1. The van der Waals surface area contributed by atoms with Crippen LogP contribution in [0.3, 0.4) is 0 Å². The van der Waals surface area contributed by atoms with Gasteiger partial charge in [0.15, 0.2) is 0 Å². The van der Waals surface area contributed by atoms with E-state index in [1.807, 2.05) is 14.0 Å². The molecule has 4 heteroatoms. The molecule has 4 nitrogen and oxygen atoms in total. The molecule has 26 heavy (non-hydrogen) atoms.